The second-order valence-electron chi connectivity index (χ2n) is 2.30. The maximum absolute atomic E-state index is 9.11. The van der Waals surface area contributed by atoms with Crippen LogP contribution in [0.1, 0.15) is 19.3 Å². The molecule has 0 bridgehead atoms. The summed E-state index contributed by atoms with van der Waals surface area (Å²) in [5.74, 6) is 4.82. The lowest BCUT2D eigenvalue weighted by Gasteiger charge is -2.04. The molecule has 4 heteroatoms. The molecule has 0 aliphatic heterocycles. The summed E-state index contributed by atoms with van der Waals surface area (Å²) in [6.07, 6.45) is 2.48. The van der Waals surface area contributed by atoms with E-state index in [-0.39, 0.29) is 12.1 Å². The highest BCUT2D eigenvalue weighted by Crippen LogP contribution is 2.21. The van der Waals surface area contributed by atoms with Crippen LogP contribution in [-0.2, 0) is 0 Å². The van der Waals surface area contributed by atoms with E-state index in [2.05, 4.69) is 10.3 Å². The fourth-order valence-electron chi connectivity index (χ4n) is 1.14. The van der Waals surface area contributed by atoms with Crippen LogP contribution in [-0.4, -0.2) is 17.3 Å². The number of aliphatic hydroxyl groups excluding tert-OH is 1. The van der Waals surface area contributed by atoms with E-state index in [9.17, 15) is 0 Å². The minimum absolute atomic E-state index is 0.0324. The maximum Gasteiger partial charge on any atom is 0.0987 e. The molecule has 0 radical (unpaired) electrons. The van der Waals surface area contributed by atoms with Crippen molar-refractivity contribution in [1.29, 1.82) is 0 Å². The lowest BCUT2D eigenvalue weighted by atomic mass is 10.2. The summed E-state index contributed by atoms with van der Waals surface area (Å²) in [6.45, 7) is 0. The van der Waals surface area contributed by atoms with Gasteiger partial charge in [0.2, 0.25) is 0 Å². The highest BCUT2D eigenvalue weighted by molar-refractivity contribution is 4.80. The zero-order chi connectivity index (χ0) is 6.69. The van der Waals surface area contributed by atoms with Crippen LogP contribution >= 0.6 is 0 Å². The van der Waals surface area contributed by atoms with Crippen LogP contribution < -0.4 is 5.84 Å². The summed E-state index contributed by atoms with van der Waals surface area (Å²) in [7, 11) is 0. The highest BCUT2D eigenvalue weighted by atomic mass is 16.3. The predicted molar refractivity (Wildman–Crippen MR) is 32.7 cm³/mol. The molecule has 1 fully saturated rings. The predicted octanol–water partition coefficient (Wildman–Crippen LogP) is 0.226. The number of hydrogen-bond donors (Lipinski definition) is 2. The summed E-state index contributed by atoms with van der Waals surface area (Å²) >= 11 is 0. The molecule has 1 saturated carbocycles. The van der Waals surface area contributed by atoms with Crippen molar-refractivity contribution in [2.45, 2.75) is 31.4 Å². The zero-order valence-electron chi connectivity index (χ0n) is 5.20. The molecule has 0 aromatic heterocycles. The first kappa shape index (κ1) is 6.48. The van der Waals surface area contributed by atoms with Crippen molar-refractivity contribution in [1.82, 2.24) is 0 Å². The average Bonchev–Trinajstić information content (AvgIpc) is 2.18. The summed E-state index contributed by atoms with van der Waals surface area (Å²) in [5, 5.41) is 15.9. The van der Waals surface area contributed by atoms with Gasteiger partial charge >= 0.3 is 0 Å². The SMILES string of the molecule is NN=NC1CCCC1O. The largest absolute Gasteiger partial charge is 0.391 e. The molecule has 0 spiro atoms. The van der Waals surface area contributed by atoms with E-state index in [4.69, 9.17) is 10.9 Å². The van der Waals surface area contributed by atoms with Crippen LogP contribution in [0.3, 0.4) is 0 Å². The Morgan fingerprint density at radius 3 is 2.67 bits per heavy atom. The maximum atomic E-state index is 9.11. The molecule has 9 heavy (non-hydrogen) atoms. The minimum Gasteiger partial charge on any atom is -0.391 e. The van der Waals surface area contributed by atoms with E-state index < -0.39 is 0 Å². The monoisotopic (exact) mass is 129 g/mol. The smallest absolute Gasteiger partial charge is 0.0987 e. The molecule has 1 aliphatic carbocycles. The van der Waals surface area contributed by atoms with Gasteiger partial charge in [0, 0.05) is 0 Å². The molecule has 0 heterocycles. The fourth-order valence-corrected chi connectivity index (χ4v) is 1.14. The Hall–Kier alpha value is -0.640. The van der Waals surface area contributed by atoms with E-state index in [1.54, 1.807) is 0 Å². The molecule has 0 amide bonds. The molecular weight excluding hydrogens is 118 g/mol. The summed E-state index contributed by atoms with van der Waals surface area (Å²) < 4.78 is 0. The molecule has 0 aromatic rings. The van der Waals surface area contributed by atoms with Crippen molar-refractivity contribution >= 4 is 0 Å². The van der Waals surface area contributed by atoms with Gasteiger partial charge in [-0.1, -0.05) is 5.22 Å². The molecule has 1 aliphatic rings. The standard InChI is InChI=1S/C5H11N3O/c6-8-7-4-2-1-3-5(4)9/h4-5,9H,1-3H2,(H2,6,7). The normalized spacial score (nSPS) is 36.1. The van der Waals surface area contributed by atoms with Gasteiger partial charge in [0.25, 0.3) is 0 Å². The second-order valence-corrected chi connectivity index (χ2v) is 2.30. The van der Waals surface area contributed by atoms with Crippen LogP contribution in [0.4, 0.5) is 0 Å². The van der Waals surface area contributed by atoms with Crippen molar-refractivity contribution in [3.05, 3.63) is 0 Å². The van der Waals surface area contributed by atoms with Gasteiger partial charge in [-0.2, -0.15) is 5.11 Å². The van der Waals surface area contributed by atoms with Crippen LogP contribution in [0.5, 0.6) is 0 Å². The Labute approximate surface area is 53.7 Å². The van der Waals surface area contributed by atoms with Crippen LogP contribution in [0.25, 0.3) is 0 Å². The Morgan fingerprint density at radius 2 is 2.22 bits per heavy atom. The third-order valence-corrected chi connectivity index (χ3v) is 1.66. The van der Waals surface area contributed by atoms with Crippen molar-refractivity contribution in [3.8, 4) is 0 Å². The fraction of sp³-hybridized carbons (Fsp3) is 1.00. The number of aliphatic hydroxyl groups is 1. The third kappa shape index (κ3) is 1.38. The minimum atomic E-state index is -0.308. The quantitative estimate of drug-likeness (QED) is 0.302. The number of hydrogen-bond acceptors (Lipinski definition) is 3. The first-order valence-electron chi connectivity index (χ1n) is 3.12. The van der Waals surface area contributed by atoms with Crippen molar-refractivity contribution in [2.24, 2.45) is 16.2 Å². The number of rotatable bonds is 1. The Bertz CT molecular complexity index is 115. The van der Waals surface area contributed by atoms with Gasteiger partial charge in [-0.25, -0.2) is 0 Å². The molecule has 1 rings (SSSR count). The molecule has 2 atom stereocenters. The van der Waals surface area contributed by atoms with Crippen molar-refractivity contribution in [3.63, 3.8) is 0 Å². The van der Waals surface area contributed by atoms with E-state index in [1.807, 2.05) is 0 Å². The molecule has 2 unspecified atom stereocenters. The van der Waals surface area contributed by atoms with Gasteiger partial charge in [0.15, 0.2) is 0 Å². The average molecular weight is 129 g/mol. The summed E-state index contributed by atoms with van der Waals surface area (Å²) in [6, 6.07) is -0.0324. The Balaban J connectivity index is 2.39. The van der Waals surface area contributed by atoms with E-state index >= 15 is 0 Å². The van der Waals surface area contributed by atoms with Crippen molar-refractivity contribution < 1.29 is 5.11 Å². The van der Waals surface area contributed by atoms with E-state index in [0.29, 0.717) is 0 Å². The molecule has 3 N–H and O–H groups in total. The van der Waals surface area contributed by atoms with Crippen LogP contribution in [0.2, 0.25) is 0 Å². The molecular formula is C5H11N3O. The van der Waals surface area contributed by atoms with Gasteiger partial charge in [-0.05, 0) is 19.3 Å². The molecule has 52 valence electrons. The zero-order valence-corrected chi connectivity index (χ0v) is 5.20. The second kappa shape index (κ2) is 2.77. The van der Waals surface area contributed by atoms with Gasteiger partial charge in [0.05, 0.1) is 12.1 Å². The number of nitrogens with zero attached hydrogens (tertiary/aromatic N) is 2. The topological polar surface area (TPSA) is 71.0 Å². The van der Waals surface area contributed by atoms with E-state index in [1.165, 1.54) is 0 Å². The highest BCUT2D eigenvalue weighted by Gasteiger charge is 2.24. The molecule has 0 aromatic carbocycles. The van der Waals surface area contributed by atoms with Gasteiger partial charge in [-0.3, -0.25) is 0 Å². The van der Waals surface area contributed by atoms with Gasteiger partial charge < -0.3 is 10.9 Å². The Morgan fingerprint density at radius 1 is 1.44 bits per heavy atom. The first-order chi connectivity index (χ1) is 4.34. The molecule has 4 nitrogen and oxygen atoms in total. The van der Waals surface area contributed by atoms with E-state index in [0.717, 1.165) is 19.3 Å². The van der Waals surface area contributed by atoms with Crippen LogP contribution in [0, 0.1) is 0 Å². The lowest BCUT2D eigenvalue weighted by molar-refractivity contribution is 0.163. The number of nitrogens with two attached hydrogens (primary N) is 1. The van der Waals surface area contributed by atoms with Gasteiger partial charge in [-0.15, -0.1) is 0 Å². The first-order valence-corrected chi connectivity index (χ1v) is 3.12. The summed E-state index contributed by atoms with van der Waals surface area (Å²) in [4.78, 5) is 0. The third-order valence-electron chi connectivity index (χ3n) is 1.66. The Kier molecular flexibility index (Phi) is 2.00. The van der Waals surface area contributed by atoms with Crippen molar-refractivity contribution in [2.75, 3.05) is 0 Å². The van der Waals surface area contributed by atoms with Gasteiger partial charge in [0.1, 0.15) is 0 Å². The van der Waals surface area contributed by atoms with Crippen LogP contribution in [0.15, 0.2) is 10.3 Å². The lowest BCUT2D eigenvalue weighted by Crippen LogP contribution is -2.16. The summed E-state index contributed by atoms with van der Waals surface area (Å²) in [5.41, 5.74) is 0. The molecule has 0 saturated heterocycles.